The van der Waals surface area contributed by atoms with E-state index in [-0.39, 0.29) is 11.5 Å². The van der Waals surface area contributed by atoms with E-state index in [9.17, 15) is 4.79 Å². The van der Waals surface area contributed by atoms with Crippen molar-refractivity contribution in [1.82, 2.24) is 25.2 Å². The Morgan fingerprint density at radius 1 is 1.22 bits per heavy atom. The minimum Gasteiger partial charge on any atom is -0.293 e. The lowest BCUT2D eigenvalue weighted by Gasteiger charge is -2.05. The van der Waals surface area contributed by atoms with E-state index in [0.717, 1.165) is 11.3 Å². The van der Waals surface area contributed by atoms with Gasteiger partial charge in [0.25, 0.3) is 0 Å². The van der Waals surface area contributed by atoms with Crippen LogP contribution in [0.1, 0.15) is 21.5 Å². The Morgan fingerprint density at radius 3 is 2.83 bits per heavy atom. The number of thioether (sulfide) groups is 1. The first-order valence-electron chi connectivity index (χ1n) is 7.07. The molecule has 0 aliphatic rings. The Kier molecular flexibility index (Phi) is 4.47. The SMILES string of the molecule is Cc1ccc(C(=O)CSc2nnnn2-c2cccnc2)cc1C. The first-order chi connectivity index (χ1) is 11.1. The van der Waals surface area contributed by atoms with Crippen LogP contribution < -0.4 is 0 Å². The van der Waals surface area contributed by atoms with Crippen molar-refractivity contribution in [1.29, 1.82) is 0 Å². The van der Waals surface area contributed by atoms with E-state index in [1.54, 1.807) is 17.1 Å². The van der Waals surface area contributed by atoms with Crippen LogP contribution in [-0.2, 0) is 0 Å². The molecule has 0 amide bonds. The summed E-state index contributed by atoms with van der Waals surface area (Å²) in [4.78, 5) is 16.4. The van der Waals surface area contributed by atoms with E-state index in [2.05, 4.69) is 20.5 Å². The van der Waals surface area contributed by atoms with Crippen LogP contribution in [0.15, 0.2) is 47.9 Å². The number of aryl methyl sites for hydroxylation is 2. The van der Waals surface area contributed by atoms with E-state index in [4.69, 9.17) is 0 Å². The van der Waals surface area contributed by atoms with Crippen LogP contribution in [0.4, 0.5) is 0 Å². The molecular formula is C16H15N5OS. The van der Waals surface area contributed by atoms with Crippen LogP contribution in [0, 0.1) is 13.8 Å². The van der Waals surface area contributed by atoms with Crippen molar-refractivity contribution in [3.63, 3.8) is 0 Å². The third-order valence-electron chi connectivity index (χ3n) is 3.49. The molecule has 0 radical (unpaired) electrons. The van der Waals surface area contributed by atoms with E-state index in [1.807, 2.05) is 44.2 Å². The lowest BCUT2D eigenvalue weighted by atomic mass is 10.0. The molecule has 0 saturated heterocycles. The molecule has 2 aromatic heterocycles. The van der Waals surface area contributed by atoms with Gasteiger partial charge in [0.15, 0.2) is 5.78 Å². The van der Waals surface area contributed by atoms with Crippen LogP contribution >= 0.6 is 11.8 Å². The van der Waals surface area contributed by atoms with Crippen molar-refractivity contribution in [2.45, 2.75) is 19.0 Å². The molecule has 1 aromatic carbocycles. The molecule has 0 aliphatic heterocycles. The zero-order valence-corrected chi connectivity index (χ0v) is 13.6. The first-order valence-corrected chi connectivity index (χ1v) is 8.06. The molecule has 0 fully saturated rings. The number of rotatable bonds is 5. The van der Waals surface area contributed by atoms with Crippen LogP contribution in [0.2, 0.25) is 0 Å². The second-order valence-electron chi connectivity index (χ2n) is 5.10. The van der Waals surface area contributed by atoms with Crippen LogP contribution in [-0.4, -0.2) is 36.7 Å². The number of carbonyl (C=O) groups is 1. The number of hydrogen-bond acceptors (Lipinski definition) is 6. The average molecular weight is 325 g/mol. The Labute approximate surface area is 137 Å². The summed E-state index contributed by atoms with van der Waals surface area (Å²) in [5, 5.41) is 12.2. The number of nitrogens with zero attached hydrogens (tertiary/aromatic N) is 5. The molecule has 3 aromatic rings. The molecule has 0 bridgehead atoms. The van der Waals surface area contributed by atoms with Gasteiger partial charge in [0, 0.05) is 11.8 Å². The van der Waals surface area contributed by atoms with Gasteiger partial charge in [-0.1, -0.05) is 23.9 Å². The van der Waals surface area contributed by atoms with E-state index >= 15 is 0 Å². The number of ketones is 1. The van der Waals surface area contributed by atoms with Gasteiger partial charge in [0.2, 0.25) is 5.16 Å². The first kappa shape index (κ1) is 15.4. The average Bonchev–Trinajstić information content (AvgIpc) is 3.04. The summed E-state index contributed by atoms with van der Waals surface area (Å²) in [5.74, 6) is 0.335. The smallest absolute Gasteiger partial charge is 0.214 e. The van der Waals surface area contributed by atoms with E-state index in [1.165, 1.54) is 17.3 Å². The minimum atomic E-state index is 0.0545. The summed E-state index contributed by atoms with van der Waals surface area (Å²) in [6.45, 7) is 4.03. The van der Waals surface area contributed by atoms with E-state index in [0.29, 0.717) is 10.7 Å². The van der Waals surface area contributed by atoms with Crippen LogP contribution in [0.5, 0.6) is 0 Å². The lowest BCUT2D eigenvalue weighted by Crippen LogP contribution is -2.05. The number of Topliss-reactive ketones (excluding diaryl/α,β-unsaturated/α-hetero) is 1. The summed E-state index contributed by atoms with van der Waals surface area (Å²) in [6, 6.07) is 9.41. The molecule has 0 spiro atoms. The van der Waals surface area contributed by atoms with Gasteiger partial charge in [-0.25, -0.2) is 0 Å². The highest BCUT2D eigenvalue weighted by Crippen LogP contribution is 2.19. The third kappa shape index (κ3) is 3.45. The highest BCUT2D eigenvalue weighted by Gasteiger charge is 2.13. The molecule has 0 aliphatic carbocycles. The van der Waals surface area contributed by atoms with Crippen molar-refractivity contribution in [2.75, 3.05) is 5.75 Å². The predicted octanol–water partition coefficient (Wildman–Crippen LogP) is 2.65. The molecule has 0 unspecified atom stereocenters. The third-order valence-corrected chi connectivity index (χ3v) is 4.41. The number of tetrazole rings is 1. The molecular weight excluding hydrogens is 310 g/mol. The van der Waals surface area contributed by atoms with Gasteiger partial charge in [-0.3, -0.25) is 9.78 Å². The molecule has 116 valence electrons. The number of carbonyl (C=O) groups excluding carboxylic acids is 1. The van der Waals surface area contributed by atoms with Crippen LogP contribution in [0.25, 0.3) is 5.69 Å². The zero-order chi connectivity index (χ0) is 16.2. The Bertz CT molecular complexity index is 831. The highest BCUT2D eigenvalue weighted by molar-refractivity contribution is 7.99. The van der Waals surface area contributed by atoms with Crippen molar-refractivity contribution in [3.8, 4) is 5.69 Å². The van der Waals surface area contributed by atoms with Gasteiger partial charge in [-0.15, -0.1) is 5.10 Å². The van der Waals surface area contributed by atoms with Crippen molar-refractivity contribution < 1.29 is 4.79 Å². The quantitative estimate of drug-likeness (QED) is 0.530. The summed E-state index contributed by atoms with van der Waals surface area (Å²) in [6.07, 6.45) is 3.36. The normalized spacial score (nSPS) is 10.7. The highest BCUT2D eigenvalue weighted by atomic mass is 32.2. The van der Waals surface area contributed by atoms with Gasteiger partial charge in [0.1, 0.15) is 0 Å². The number of benzene rings is 1. The molecule has 7 heteroatoms. The molecule has 0 N–H and O–H groups in total. The van der Waals surface area contributed by atoms with E-state index < -0.39 is 0 Å². The topological polar surface area (TPSA) is 73.6 Å². The summed E-state index contributed by atoms with van der Waals surface area (Å²) >= 11 is 1.31. The second-order valence-corrected chi connectivity index (χ2v) is 6.04. The van der Waals surface area contributed by atoms with Gasteiger partial charge in [-0.2, -0.15) is 4.68 Å². The zero-order valence-electron chi connectivity index (χ0n) is 12.8. The Hall–Kier alpha value is -2.54. The van der Waals surface area contributed by atoms with Gasteiger partial charge >= 0.3 is 0 Å². The molecule has 0 saturated carbocycles. The second kappa shape index (κ2) is 6.70. The lowest BCUT2D eigenvalue weighted by molar-refractivity contribution is 0.102. The molecule has 2 heterocycles. The number of pyridine rings is 1. The van der Waals surface area contributed by atoms with Crippen molar-refractivity contribution in [3.05, 3.63) is 59.4 Å². The molecule has 6 nitrogen and oxygen atoms in total. The van der Waals surface area contributed by atoms with Gasteiger partial charge < -0.3 is 0 Å². The monoisotopic (exact) mass is 325 g/mol. The fourth-order valence-electron chi connectivity index (χ4n) is 2.04. The summed E-state index contributed by atoms with van der Waals surface area (Å²) < 4.78 is 1.57. The molecule has 3 rings (SSSR count). The standard InChI is InChI=1S/C16H15N5OS/c1-11-5-6-13(8-12(11)2)15(22)10-23-16-18-19-20-21(16)14-4-3-7-17-9-14/h3-9H,10H2,1-2H3. The maximum Gasteiger partial charge on any atom is 0.214 e. The fraction of sp³-hybridized carbons (Fsp3) is 0.188. The predicted molar refractivity (Wildman–Crippen MR) is 87.9 cm³/mol. The minimum absolute atomic E-state index is 0.0545. The number of hydrogen-bond donors (Lipinski definition) is 0. The summed E-state index contributed by atoms with van der Waals surface area (Å²) in [5.41, 5.74) is 3.76. The molecule has 0 atom stereocenters. The number of aromatic nitrogens is 5. The maximum atomic E-state index is 12.3. The fourth-order valence-corrected chi connectivity index (χ4v) is 2.82. The molecule has 23 heavy (non-hydrogen) atoms. The van der Waals surface area contributed by atoms with Gasteiger partial charge in [0.05, 0.1) is 17.6 Å². The largest absolute Gasteiger partial charge is 0.293 e. The summed E-state index contributed by atoms with van der Waals surface area (Å²) in [7, 11) is 0. The van der Waals surface area contributed by atoms with Crippen molar-refractivity contribution in [2.24, 2.45) is 0 Å². The van der Waals surface area contributed by atoms with Crippen LogP contribution in [0.3, 0.4) is 0 Å². The van der Waals surface area contributed by atoms with Crippen molar-refractivity contribution >= 4 is 17.5 Å². The maximum absolute atomic E-state index is 12.3. The Balaban J connectivity index is 1.73. The van der Waals surface area contributed by atoms with Gasteiger partial charge in [-0.05, 0) is 53.6 Å². The Morgan fingerprint density at radius 2 is 2.09 bits per heavy atom.